The van der Waals surface area contributed by atoms with Gasteiger partial charge in [-0.05, 0) is 50.0 Å². The molecule has 2 heterocycles. The standard InChI is InChI=1S/C23H36N2O4/c1-2-3-4-5-6-9-22(26)24-19(17-25-12-7-8-13-25)23(27)18-10-11-20-21(16-18)29-15-14-28-20/h10-11,16,19,23,27H,2-9,12-15,17H2,1H3,(H,24,26)/t19-,23-/m1/s1/i1D3,2D2,3D2,4D2,5D2,6D2,9D2,23D. The van der Waals surface area contributed by atoms with Crippen LogP contribution in [0, 0.1) is 0 Å². The average molecular weight is 421 g/mol. The molecule has 2 aliphatic heterocycles. The van der Waals surface area contributed by atoms with Gasteiger partial charge in [0.15, 0.2) is 11.5 Å². The zero-order valence-corrected chi connectivity index (χ0v) is 15.9. The summed E-state index contributed by atoms with van der Waals surface area (Å²) in [6, 6.07) is 2.33. The summed E-state index contributed by atoms with van der Waals surface area (Å²) in [5.74, 6) is -1.42. The SMILES string of the molecule is [2H]C([2H])([2H])C([2H])([2H])C([2H])([2H])C([2H])([2H])C([2H])([2H])C([2H])([2H])C([2H])([2H])C(=O)N[C@H](CN1CCCC1)[C@]([2H])(O)c1ccc2c(c1)OCCO2. The van der Waals surface area contributed by atoms with Crippen molar-refractivity contribution >= 4 is 5.91 Å². The van der Waals surface area contributed by atoms with E-state index in [0.717, 1.165) is 12.8 Å². The predicted molar refractivity (Wildman–Crippen MR) is 113 cm³/mol. The Kier molecular flexibility index (Phi) is 3.60. The van der Waals surface area contributed by atoms with E-state index in [1.54, 1.807) is 4.90 Å². The molecule has 1 aromatic carbocycles. The molecule has 3 rings (SSSR count). The highest BCUT2D eigenvalue weighted by molar-refractivity contribution is 5.76. The fourth-order valence-electron chi connectivity index (χ4n) is 3.20. The number of aliphatic hydroxyl groups is 1. The van der Waals surface area contributed by atoms with Crippen molar-refractivity contribution in [1.29, 1.82) is 0 Å². The third-order valence-corrected chi connectivity index (χ3v) is 4.54. The van der Waals surface area contributed by atoms with Gasteiger partial charge in [0, 0.05) is 33.5 Å². The molecule has 0 radical (unpaired) electrons. The fourth-order valence-corrected chi connectivity index (χ4v) is 3.20. The Morgan fingerprint density at radius 1 is 1.24 bits per heavy atom. The Morgan fingerprint density at radius 3 is 2.79 bits per heavy atom. The minimum Gasteiger partial charge on any atom is -0.486 e. The van der Waals surface area contributed by atoms with Gasteiger partial charge in [-0.2, -0.15) is 0 Å². The molecule has 6 nitrogen and oxygen atoms in total. The summed E-state index contributed by atoms with van der Waals surface area (Å²) < 4.78 is 139. The van der Waals surface area contributed by atoms with Gasteiger partial charge in [0.1, 0.15) is 19.3 Å². The van der Waals surface area contributed by atoms with Crippen molar-refractivity contribution in [1.82, 2.24) is 10.2 Å². The zero-order chi connectivity index (χ0) is 34.7. The molecule has 0 aliphatic carbocycles. The Balaban J connectivity index is 2.00. The number of hydrogen-bond acceptors (Lipinski definition) is 5. The van der Waals surface area contributed by atoms with E-state index in [4.69, 9.17) is 31.4 Å². The molecule has 1 saturated heterocycles. The van der Waals surface area contributed by atoms with Gasteiger partial charge in [-0.1, -0.05) is 38.4 Å². The minimum atomic E-state index is -4.39. The van der Waals surface area contributed by atoms with E-state index in [1.807, 2.05) is 0 Å². The topological polar surface area (TPSA) is 71.0 Å². The highest BCUT2D eigenvalue weighted by Gasteiger charge is 2.27. The number of nitrogens with zero attached hydrogens (tertiary/aromatic N) is 1. The smallest absolute Gasteiger partial charge is 0.220 e. The molecule has 0 aromatic heterocycles. The van der Waals surface area contributed by atoms with Crippen LogP contribution in [0.15, 0.2) is 18.2 Å². The van der Waals surface area contributed by atoms with Crippen molar-refractivity contribution in [3.05, 3.63) is 23.8 Å². The molecule has 1 fully saturated rings. The average Bonchev–Trinajstić information content (AvgIpc) is 3.44. The number of carbonyl (C=O) groups excluding carboxylic acids is 1. The summed E-state index contributed by atoms with van der Waals surface area (Å²) in [4.78, 5) is 15.2. The normalized spacial score (nSPS) is 31.1. The summed E-state index contributed by atoms with van der Waals surface area (Å²) in [7, 11) is 0. The molecule has 2 atom stereocenters. The van der Waals surface area contributed by atoms with Gasteiger partial charge in [0.25, 0.3) is 0 Å². The molecule has 29 heavy (non-hydrogen) atoms. The van der Waals surface area contributed by atoms with Crippen molar-refractivity contribution < 1.29 is 41.3 Å². The molecule has 0 spiro atoms. The third kappa shape index (κ3) is 6.61. The summed E-state index contributed by atoms with van der Waals surface area (Å²) in [5, 5.41) is 13.5. The molecule has 0 bridgehead atoms. The van der Waals surface area contributed by atoms with Crippen LogP contribution in [0.3, 0.4) is 0 Å². The highest BCUT2D eigenvalue weighted by atomic mass is 16.6. The van der Waals surface area contributed by atoms with E-state index < -0.39 is 63.1 Å². The second-order valence-corrected chi connectivity index (χ2v) is 6.53. The number of likely N-dealkylation sites (tertiary alicyclic amines) is 1. The van der Waals surface area contributed by atoms with E-state index in [1.165, 1.54) is 18.2 Å². The molecular formula is C23H36N2O4. The molecule has 6 heteroatoms. The number of amides is 1. The maximum Gasteiger partial charge on any atom is 0.220 e. The lowest BCUT2D eigenvalue weighted by Gasteiger charge is -2.29. The van der Waals surface area contributed by atoms with E-state index in [-0.39, 0.29) is 31.1 Å². The number of hydrogen-bond donors (Lipinski definition) is 2. The first kappa shape index (κ1) is 9.15. The van der Waals surface area contributed by atoms with Gasteiger partial charge in [-0.3, -0.25) is 4.79 Å². The van der Waals surface area contributed by atoms with Gasteiger partial charge in [-0.15, -0.1) is 0 Å². The van der Waals surface area contributed by atoms with E-state index in [0.29, 0.717) is 18.8 Å². The van der Waals surface area contributed by atoms with Gasteiger partial charge in [0.2, 0.25) is 5.91 Å². The predicted octanol–water partition coefficient (Wildman–Crippen LogP) is 3.43. The first-order valence-electron chi connectivity index (χ1n) is 17.3. The number of fused-ring (bicyclic) bond motifs is 1. The second-order valence-electron chi connectivity index (χ2n) is 6.53. The molecule has 0 saturated carbocycles. The Bertz CT molecular complexity index is 1250. The highest BCUT2D eigenvalue weighted by Crippen LogP contribution is 2.33. The van der Waals surface area contributed by atoms with Crippen LogP contribution in [0.25, 0.3) is 0 Å². The molecule has 162 valence electrons. The lowest BCUT2D eigenvalue weighted by Crippen LogP contribution is -2.46. The second kappa shape index (κ2) is 11.4. The van der Waals surface area contributed by atoms with E-state index in [2.05, 4.69) is 5.32 Å². The molecule has 0 unspecified atom stereocenters. The lowest BCUT2D eigenvalue weighted by atomic mass is 10.0. The number of ether oxygens (including phenoxy) is 2. The van der Waals surface area contributed by atoms with Gasteiger partial charge >= 0.3 is 0 Å². The fraction of sp³-hybridized carbons (Fsp3) is 0.696. The van der Waals surface area contributed by atoms with Crippen LogP contribution in [0.1, 0.15) is 91.5 Å². The Morgan fingerprint density at radius 2 is 2.00 bits per heavy atom. The number of carbonyl (C=O) groups is 1. The zero-order valence-electron chi connectivity index (χ0n) is 31.9. The summed E-state index contributed by atoms with van der Waals surface area (Å²) >= 11 is 0. The van der Waals surface area contributed by atoms with Crippen LogP contribution in [0.2, 0.25) is 0 Å². The van der Waals surface area contributed by atoms with Crippen molar-refractivity contribution in [2.75, 3.05) is 32.8 Å². The third-order valence-electron chi connectivity index (χ3n) is 4.54. The maximum atomic E-state index is 13.5. The van der Waals surface area contributed by atoms with Crippen molar-refractivity contribution in [3.63, 3.8) is 0 Å². The monoisotopic (exact) mass is 420 g/mol. The number of rotatable bonds is 11. The Hall–Kier alpha value is -1.79. The van der Waals surface area contributed by atoms with Crippen LogP contribution < -0.4 is 14.8 Å². The molecule has 1 amide bonds. The van der Waals surface area contributed by atoms with Crippen molar-refractivity contribution in [2.24, 2.45) is 0 Å². The van der Waals surface area contributed by atoms with Crippen LogP contribution in [0.5, 0.6) is 11.5 Å². The van der Waals surface area contributed by atoms with Gasteiger partial charge < -0.3 is 24.8 Å². The van der Waals surface area contributed by atoms with Gasteiger partial charge in [0.05, 0.1) is 7.41 Å². The van der Waals surface area contributed by atoms with Crippen LogP contribution >= 0.6 is 0 Å². The number of benzene rings is 1. The molecule has 1 aromatic rings. The van der Waals surface area contributed by atoms with Crippen LogP contribution in [-0.4, -0.2) is 54.8 Å². The van der Waals surface area contributed by atoms with Crippen LogP contribution in [-0.2, 0) is 4.79 Å². The number of nitrogens with one attached hydrogen (secondary N) is 1. The summed E-state index contributed by atoms with van der Waals surface area (Å²) in [5.41, 5.74) is -0.119. The molecule has 2 N–H and O–H groups in total. The minimum absolute atomic E-state index is 0.119. The van der Waals surface area contributed by atoms with E-state index in [9.17, 15) is 9.90 Å². The van der Waals surface area contributed by atoms with Gasteiger partial charge in [-0.25, -0.2) is 0 Å². The van der Waals surface area contributed by atoms with Crippen LogP contribution in [0.4, 0.5) is 0 Å². The Labute approximate surface area is 197 Å². The first-order chi connectivity index (χ1) is 20.2. The van der Waals surface area contributed by atoms with Crippen molar-refractivity contribution in [3.8, 4) is 11.5 Å². The quantitative estimate of drug-likeness (QED) is 0.574. The first-order valence-corrected chi connectivity index (χ1v) is 9.34. The summed E-state index contributed by atoms with van der Waals surface area (Å²) in [6.07, 6.45) is -26.7. The maximum absolute atomic E-state index is 13.5. The molecule has 2 aliphatic rings. The lowest BCUT2D eigenvalue weighted by molar-refractivity contribution is -0.123. The molecular weight excluding hydrogens is 368 g/mol. The van der Waals surface area contributed by atoms with Crippen molar-refractivity contribution in [2.45, 2.75) is 70.1 Å². The summed E-state index contributed by atoms with van der Waals surface area (Å²) in [6.45, 7) is -2.68. The largest absolute Gasteiger partial charge is 0.486 e. The van der Waals surface area contributed by atoms with E-state index >= 15 is 0 Å².